The summed E-state index contributed by atoms with van der Waals surface area (Å²) in [6, 6.07) is 48.9. The number of aliphatic hydroxyl groups excluding tert-OH is 2. The number of hydrogen-bond acceptors (Lipinski definition) is 8. The summed E-state index contributed by atoms with van der Waals surface area (Å²) in [4.78, 5) is 0. The van der Waals surface area contributed by atoms with Gasteiger partial charge in [0.2, 0.25) is 0 Å². The van der Waals surface area contributed by atoms with Crippen LogP contribution >= 0.6 is 0 Å². The highest BCUT2D eigenvalue weighted by Crippen LogP contribution is 2.34. The van der Waals surface area contributed by atoms with Crippen LogP contribution in [0.4, 0.5) is 0 Å². The summed E-state index contributed by atoms with van der Waals surface area (Å²) in [5.74, 6) is 0. The van der Waals surface area contributed by atoms with Crippen molar-refractivity contribution in [1.82, 2.24) is 0 Å². The largest absolute Gasteiger partial charge is 0.388 e. The Morgan fingerprint density at radius 1 is 0.431 bits per heavy atom. The SMILES string of the molecule is O[C@@H]([C@H]1O[C@H](OCc2ccccc2)[C@H](OCc2ccccc2)[C@@H](OCc2ccccc2)[C@H]1OCc1ccccc1)[C@H](O)COCc1ccccc1. The minimum atomic E-state index is -1.41. The summed E-state index contributed by atoms with van der Waals surface area (Å²) in [5.41, 5.74) is 4.76. The molecule has 1 aliphatic rings. The van der Waals surface area contributed by atoms with E-state index >= 15 is 0 Å². The third-order valence-electron chi connectivity index (χ3n) is 8.77. The van der Waals surface area contributed by atoms with Gasteiger partial charge in [0.1, 0.15) is 36.6 Å². The molecule has 0 aliphatic carbocycles. The van der Waals surface area contributed by atoms with E-state index in [0.29, 0.717) is 0 Å². The van der Waals surface area contributed by atoms with E-state index in [0.717, 1.165) is 27.8 Å². The Hall–Kier alpha value is -4.22. The van der Waals surface area contributed by atoms with Crippen molar-refractivity contribution in [3.8, 4) is 0 Å². The zero-order chi connectivity index (χ0) is 35.1. The molecule has 5 aromatic rings. The molecule has 0 amide bonds. The highest BCUT2D eigenvalue weighted by Gasteiger charge is 2.52. The molecule has 6 rings (SSSR count). The molecule has 8 heteroatoms. The standard InChI is InChI=1S/C43H46O8/c44-37(31-46-26-32-16-6-1-7-17-32)38(45)39-40(47-27-33-18-8-2-9-19-33)41(48-28-34-20-10-3-11-21-34)42(49-29-35-22-12-4-13-23-35)43(51-39)50-30-36-24-14-5-15-25-36/h1-25,37-45H,26-31H2/t37-,38-,39-,40+,41+,42-,43+/m1/s1. The molecule has 0 radical (unpaired) electrons. The third kappa shape index (κ3) is 10.9. The lowest BCUT2D eigenvalue weighted by atomic mass is 9.92. The third-order valence-corrected chi connectivity index (χ3v) is 8.77. The van der Waals surface area contributed by atoms with Crippen molar-refractivity contribution in [1.29, 1.82) is 0 Å². The minimum absolute atomic E-state index is 0.125. The van der Waals surface area contributed by atoms with Crippen molar-refractivity contribution >= 4 is 0 Å². The highest BCUT2D eigenvalue weighted by atomic mass is 16.7. The van der Waals surface area contributed by atoms with Crippen LogP contribution in [0.15, 0.2) is 152 Å². The van der Waals surface area contributed by atoms with Crippen molar-refractivity contribution in [3.05, 3.63) is 179 Å². The van der Waals surface area contributed by atoms with Gasteiger partial charge >= 0.3 is 0 Å². The average Bonchev–Trinajstić information content (AvgIpc) is 3.19. The lowest BCUT2D eigenvalue weighted by Crippen LogP contribution is -2.65. The average molecular weight is 691 g/mol. The Morgan fingerprint density at radius 3 is 1.22 bits per heavy atom. The van der Waals surface area contributed by atoms with Crippen molar-refractivity contribution in [2.75, 3.05) is 6.61 Å². The number of hydrogen-bond donors (Lipinski definition) is 2. The Kier molecular flexibility index (Phi) is 13.9. The molecule has 0 bridgehead atoms. The first kappa shape index (κ1) is 36.6. The molecule has 51 heavy (non-hydrogen) atoms. The van der Waals surface area contributed by atoms with Gasteiger partial charge in [-0.25, -0.2) is 0 Å². The number of rotatable bonds is 18. The molecule has 7 atom stereocenters. The maximum absolute atomic E-state index is 11.8. The maximum atomic E-state index is 11.8. The van der Waals surface area contributed by atoms with Crippen molar-refractivity contribution < 1.29 is 38.6 Å². The summed E-state index contributed by atoms with van der Waals surface area (Å²) < 4.78 is 38.9. The molecule has 5 aromatic carbocycles. The molecule has 2 N–H and O–H groups in total. The fourth-order valence-corrected chi connectivity index (χ4v) is 6.04. The molecule has 0 aromatic heterocycles. The van der Waals surface area contributed by atoms with Crippen LogP contribution < -0.4 is 0 Å². The van der Waals surface area contributed by atoms with Gasteiger partial charge in [-0.1, -0.05) is 152 Å². The molecular formula is C43H46O8. The lowest BCUT2D eigenvalue weighted by Gasteiger charge is -2.47. The van der Waals surface area contributed by atoms with Crippen LogP contribution in [0, 0.1) is 0 Å². The summed E-state index contributed by atoms with van der Waals surface area (Å²) in [7, 11) is 0. The number of aliphatic hydroxyl groups is 2. The summed E-state index contributed by atoms with van der Waals surface area (Å²) in [6.45, 7) is 1.11. The van der Waals surface area contributed by atoms with Crippen molar-refractivity contribution in [3.63, 3.8) is 0 Å². The van der Waals surface area contributed by atoms with Gasteiger partial charge in [-0.15, -0.1) is 0 Å². The molecule has 0 unspecified atom stereocenters. The molecule has 1 heterocycles. The van der Waals surface area contributed by atoms with Gasteiger partial charge < -0.3 is 38.6 Å². The van der Waals surface area contributed by atoms with Crippen molar-refractivity contribution in [2.24, 2.45) is 0 Å². The van der Waals surface area contributed by atoms with Crippen LogP contribution in [-0.4, -0.2) is 59.7 Å². The maximum Gasteiger partial charge on any atom is 0.187 e. The summed E-state index contributed by atoms with van der Waals surface area (Å²) in [6.07, 6.45) is -7.18. The molecule has 0 spiro atoms. The first-order valence-electron chi connectivity index (χ1n) is 17.4. The number of ether oxygens (including phenoxy) is 6. The Bertz CT molecular complexity index is 1660. The molecule has 266 valence electrons. The highest BCUT2D eigenvalue weighted by molar-refractivity contribution is 5.17. The Labute approximate surface area is 300 Å². The van der Waals surface area contributed by atoms with E-state index in [1.165, 1.54) is 0 Å². The first-order chi connectivity index (χ1) is 25.1. The normalized spacial score (nSPS) is 21.6. The van der Waals surface area contributed by atoms with Gasteiger partial charge in [-0.3, -0.25) is 0 Å². The lowest BCUT2D eigenvalue weighted by molar-refractivity contribution is -0.341. The molecular weight excluding hydrogens is 644 g/mol. The van der Waals surface area contributed by atoms with Gasteiger partial charge in [0.25, 0.3) is 0 Å². The minimum Gasteiger partial charge on any atom is -0.388 e. The quantitative estimate of drug-likeness (QED) is 0.106. The van der Waals surface area contributed by atoms with Gasteiger partial charge in [0.15, 0.2) is 6.29 Å². The second-order valence-electron chi connectivity index (χ2n) is 12.6. The van der Waals surface area contributed by atoms with Gasteiger partial charge in [-0.2, -0.15) is 0 Å². The van der Waals surface area contributed by atoms with E-state index in [1.807, 2.05) is 152 Å². The van der Waals surface area contributed by atoms with Gasteiger partial charge in [-0.05, 0) is 27.8 Å². The van der Waals surface area contributed by atoms with E-state index in [4.69, 9.17) is 28.4 Å². The summed E-state index contributed by atoms with van der Waals surface area (Å²) >= 11 is 0. The van der Waals surface area contributed by atoms with Crippen LogP contribution in [0.5, 0.6) is 0 Å². The fraction of sp³-hybridized carbons (Fsp3) is 0.302. The fourth-order valence-electron chi connectivity index (χ4n) is 6.04. The van der Waals surface area contributed by atoms with Gasteiger partial charge in [0.05, 0.1) is 39.6 Å². The molecule has 0 saturated carbocycles. The smallest absolute Gasteiger partial charge is 0.187 e. The van der Waals surface area contributed by atoms with Crippen LogP contribution in [0.2, 0.25) is 0 Å². The van der Waals surface area contributed by atoms with E-state index in [9.17, 15) is 10.2 Å². The van der Waals surface area contributed by atoms with E-state index in [-0.39, 0.29) is 39.6 Å². The number of benzene rings is 5. The van der Waals surface area contributed by atoms with Crippen LogP contribution in [0.25, 0.3) is 0 Å². The second-order valence-corrected chi connectivity index (χ2v) is 12.6. The monoisotopic (exact) mass is 690 g/mol. The Balaban J connectivity index is 1.30. The van der Waals surface area contributed by atoms with E-state index in [2.05, 4.69) is 0 Å². The molecule has 1 saturated heterocycles. The molecule has 1 fully saturated rings. The second kappa shape index (κ2) is 19.4. The zero-order valence-electron chi connectivity index (χ0n) is 28.6. The Morgan fingerprint density at radius 2 is 0.784 bits per heavy atom. The predicted octanol–water partition coefficient (Wildman–Crippen LogP) is 6.62. The molecule has 8 nitrogen and oxygen atoms in total. The zero-order valence-corrected chi connectivity index (χ0v) is 28.6. The molecule has 1 aliphatic heterocycles. The first-order valence-corrected chi connectivity index (χ1v) is 17.4. The van der Waals surface area contributed by atoms with Crippen LogP contribution in [0.1, 0.15) is 27.8 Å². The van der Waals surface area contributed by atoms with E-state index in [1.54, 1.807) is 0 Å². The predicted molar refractivity (Wildman–Crippen MR) is 193 cm³/mol. The van der Waals surface area contributed by atoms with Gasteiger partial charge in [0, 0.05) is 0 Å². The van der Waals surface area contributed by atoms with Crippen LogP contribution in [-0.2, 0) is 61.5 Å². The van der Waals surface area contributed by atoms with E-state index < -0.39 is 42.9 Å². The van der Waals surface area contributed by atoms with Crippen LogP contribution in [0.3, 0.4) is 0 Å². The topological polar surface area (TPSA) is 95.8 Å². The van der Waals surface area contributed by atoms with Crippen molar-refractivity contribution in [2.45, 2.75) is 75.9 Å². The summed E-state index contributed by atoms with van der Waals surface area (Å²) in [5, 5.41) is 23.2.